The van der Waals surface area contributed by atoms with E-state index in [2.05, 4.69) is 0 Å². The highest BCUT2D eigenvalue weighted by atomic mass is 16.5. The molecule has 2 rings (SSSR count). The molecule has 17 heavy (non-hydrogen) atoms. The number of hydrogen-bond acceptors (Lipinski definition) is 5. The summed E-state index contributed by atoms with van der Waals surface area (Å²) < 4.78 is 5.21. The third-order valence-electron chi connectivity index (χ3n) is 2.87. The molecule has 2 aliphatic rings. The second-order valence-corrected chi connectivity index (χ2v) is 3.92. The van der Waals surface area contributed by atoms with Crippen molar-refractivity contribution in [3.63, 3.8) is 0 Å². The molecule has 0 saturated carbocycles. The van der Waals surface area contributed by atoms with Crippen LogP contribution in [0.5, 0.6) is 0 Å². The van der Waals surface area contributed by atoms with Gasteiger partial charge in [0.1, 0.15) is 11.6 Å². The van der Waals surface area contributed by atoms with E-state index >= 15 is 0 Å². The van der Waals surface area contributed by atoms with Crippen molar-refractivity contribution in [3.8, 4) is 6.07 Å². The van der Waals surface area contributed by atoms with E-state index in [-0.39, 0.29) is 17.9 Å². The molecule has 0 radical (unpaired) electrons. The SMILES string of the molecule is C[C@@H](O)[C@H]1C(=O)N2C(C(=O)O)=C(C#N)CO[C@H]12. The molecule has 0 aromatic heterocycles. The minimum atomic E-state index is -1.34. The van der Waals surface area contributed by atoms with Gasteiger partial charge in [0.05, 0.1) is 24.4 Å². The van der Waals surface area contributed by atoms with Crippen molar-refractivity contribution >= 4 is 11.9 Å². The molecule has 0 unspecified atom stereocenters. The molecule has 0 aromatic carbocycles. The molecule has 1 amide bonds. The van der Waals surface area contributed by atoms with Crippen LogP contribution in [0.3, 0.4) is 0 Å². The number of β-lactam (4-membered cyclic amide) rings is 1. The number of hydrogen-bond donors (Lipinski definition) is 2. The van der Waals surface area contributed by atoms with Gasteiger partial charge in [-0.2, -0.15) is 5.26 Å². The quantitative estimate of drug-likeness (QED) is 0.599. The smallest absolute Gasteiger partial charge is 0.353 e. The predicted octanol–water partition coefficient (Wildman–Crippen LogP) is -0.956. The maximum atomic E-state index is 11.7. The number of aliphatic carboxylic acids is 1. The van der Waals surface area contributed by atoms with E-state index in [0.717, 1.165) is 4.90 Å². The molecule has 0 aromatic rings. The van der Waals surface area contributed by atoms with Crippen LogP contribution in [0, 0.1) is 17.2 Å². The first-order valence-electron chi connectivity index (χ1n) is 4.98. The van der Waals surface area contributed by atoms with Crippen molar-refractivity contribution in [2.45, 2.75) is 19.3 Å². The average molecular weight is 238 g/mol. The van der Waals surface area contributed by atoms with E-state index in [1.165, 1.54) is 6.92 Å². The van der Waals surface area contributed by atoms with E-state index in [4.69, 9.17) is 15.1 Å². The van der Waals surface area contributed by atoms with E-state index in [1.54, 1.807) is 6.07 Å². The first-order valence-corrected chi connectivity index (χ1v) is 4.98. The first kappa shape index (κ1) is 11.6. The third kappa shape index (κ3) is 1.50. The van der Waals surface area contributed by atoms with Gasteiger partial charge >= 0.3 is 5.97 Å². The van der Waals surface area contributed by atoms with Crippen LogP contribution < -0.4 is 0 Å². The van der Waals surface area contributed by atoms with E-state index in [1.807, 2.05) is 0 Å². The van der Waals surface area contributed by atoms with Crippen LogP contribution in [0.4, 0.5) is 0 Å². The van der Waals surface area contributed by atoms with Gasteiger partial charge in [-0.15, -0.1) is 0 Å². The lowest BCUT2D eigenvalue weighted by molar-refractivity contribution is -0.203. The number of nitrogens with zero attached hydrogens (tertiary/aromatic N) is 2. The Balaban J connectivity index is 2.37. The number of carboxylic acid groups (broad SMARTS) is 1. The number of aliphatic hydroxyl groups is 1. The normalized spacial score (nSPS) is 29.2. The van der Waals surface area contributed by atoms with Gasteiger partial charge in [-0.1, -0.05) is 0 Å². The maximum Gasteiger partial charge on any atom is 0.353 e. The largest absolute Gasteiger partial charge is 0.477 e. The van der Waals surface area contributed by atoms with Gasteiger partial charge < -0.3 is 14.9 Å². The number of carboxylic acids is 1. The number of fused-ring (bicyclic) bond motifs is 1. The zero-order valence-electron chi connectivity index (χ0n) is 8.95. The van der Waals surface area contributed by atoms with Crippen LogP contribution >= 0.6 is 0 Å². The molecule has 7 nitrogen and oxygen atoms in total. The summed E-state index contributed by atoms with van der Waals surface area (Å²) in [6.07, 6.45) is -1.70. The number of carbonyl (C=O) groups is 2. The van der Waals surface area contributed by atoms with Gasteiger partial charge in [0.2, 0.25) is 5.91 Å². The fourth-order valence-electron chi connectivity index (χ4n) is 2.05. The Morgan fingerprint density at radius 2 is 2.35 bits per heavy atom. The predicted molar refractivity (Wildman–Crippen MR) is 52.0 cm³/mol. The Hall–Kier alpha value is -1.91. The van der Waals surface area contributed by atoms with Crippen LogP contribution in [-0.2, 0) is 14.3 Å². The fourth-order valence-corrected chi connectivity index (χ4v) is 2.05. The zero-order chi connectivity index (χ0) is 12.7. The van der Waals surface area contributed by atoms with E-state index in [9.17, 15) is 14.7 Å². The Bertz CT molecular complexity index is 462. The van der Waals surface area contributed by atoms with Crippen molar-refractivity contribution in [3.05, 3.63) is 11.3 Å². The van der Waals surface area contributed by atoms with E-state index < -0.39 is 30.1 Å². The molecule has 2 heterocycles. The number of carbonyl (C=O) groups excluding carboxylic acids is 1. The summed E-state index contributed by atoms with van der Waals surface area (Å²) in [6.45, 7) is 1.28. The summed E-state index contributed by atoms with van der Waals surface area (Å²) in [5.74, 6) is -2.63. The van der Waals surface area contributed by atoms with Gasteiger partial charge in [0.25, 0.3) is 0 Å². The number of ether oxygens (including phenoxy) is 1. The Morgan fingerprint density at radius 1 is 1.71 bits per heavy atom. The van der Waals surface area contributed by atoms with E-state index in [0.29, 0.717) is 0 Å². The van der Waals surface area contributed by atoms with Crippen LogP contribution in [-0.4, -0.2) is 45.9 Å². The lowest BCUT2D eigenvalue weighted by atomic mass is 9.88. The molecule has 0 bridgehead atoms. The van der Waals surface area contributed by atoms with Crippen LogP contribution in [0.25, 0.3) is 0 Å². The Kier molecular flexibility index (Phi) is 2.61. The number of aliphatic hydroxyl groups excluding tert-OH is 1. The molecular weight excluding hydrogens is 228 g/mol. The zero-order valence-corrected chi connectivity index (χ0v) is 8.95. The second kappa shape index (κ2) is 3.84. The summed E-state index contributed by atoms with van der Waals surface area (Å²) >= 11 is 0. The summed E-state index contributed by atoms with van der Waals surface area (Å²) in [4.78, 5) is 23.6. The minimum Gasteiger partial charge on any atom is -0.477 e. The topological polar surface area (TPSA) is 111 Å². The molecule has 3 atom stereocenters. The Morgan fingerprint density at radius 3 is 2.82 bits per heavy atom. The van der Waals surface area contributed by atoms with Crippen LogP contribution in [0.15, 0.2) is 11.3 Å². The highest BCUT2D eigenvalue weighted by molar-refractivity contribution is 5.98. The molecule has 2 aliphatic heterocycles. The van der Waals surface area contributed by atoms with Gasteiger partial charge in [0, 0.05) is 0 Å². The molecule has 90 valence electrons. The lowest BCUT2D eigenvalue weighted by Crippen LogP contribution is -2.67. The van der Waals surface area contributed by atoms with Crippen molar-refractivity contribution in [1.82, 2.24) is 4.90 Å². The number of amides is 1. The lowest BCUT2D eigenvalue weighted by Gasteiger charge is -2.49. The second-order valence-electron chi connectivity index (χ2n) is 3.92. The summed E-state index contributed by atoms with van der Waals surface area (Å²) in [7, 11) is 0. The van der Waals surface area contributed by atoms with Gasteiger partial charge in [-0.25, -0.2) is 4.79 Å². The summed E-state index contributed by atoms with van der Waals surface area (Å²) in [6, 6.07) is 1.70. The molecule has 7 heteroatoms. The number of nitriles is 1. The summed E-state index contributed by atoms with van der Waals surface area (Å²) in [5.41, 5.74) is -0.434. The third-order valence-corrected chi connectivity index (χ3v) is 2.87. The van der Waals surface area contributed by atoms with Crippen molar-refractivity contribution < 1.29 is 24.5 Å². The molecular formula is C10H10N2O5. The number of rotatable bonds is 2. The molecule has 0 aliphatic carbocycles. The standard InChI is InChI=1S/C10H10N2O5/c1-4(13)6-8(14)12-7(10(15)16)5(2-11)3-17-9(6)12/h4,6,9,13H,3H2,1H3,(H,15,16)/t4-,6+,9-/m1/s1. The highest BCUT2D eigenvalue weighted by Gasteiger charge is 2.56. The molecule has 0 spiro atoms. The van der Waals surface area contributed by atoms with Gasteiger partial charge in [-0.05, 0) is 6.92 Å². The molecule has 1 saturated heterocycles. The molecule has 1 fully saturated rings. The average Bonchev–Trinajstić information content (AvgIpc) is 2.26. The fraction of sp³-hybridized carbons (Fsp3) is 0.500. The molecule has 2 N–H and O–H groups in total. The van der Waals surface area contributed by atoms with Crippen LogP contribution in [0.2, 0.25) is 0 Å². The minimum absolute atomic E-state index is 0.0915. The van der Waals surface area contributed by atoms with Crippen LogP contribution in [0.1, 0.15) is 6.92 Å². The first-order chi connectivity index (χ1) is 7.99. The van der Waals surface area contributed by atoms with Crippen molar-refractivity contribution in [2.24, 2.45) is 5.92 Å². The van der Waals surface area contributed by atoms with Gasteiger partial charge in [0.15, 0.2) is 6.23 Å². The van der Waals surface area contributed by atoms with Crippen molar-refractivity contribution in [1.29, 1.82) is 5.26 Å². The maximum absolute atomic E-state index is 11.7. The Labute approximate surface area is 96.5 Å². The summed E-state index contributed by atoms with van der Waals surface area (Å²) in [5, 5.41) is 27.1. The monoisotopic (exact) mass is 238 g/mol. The van der Waals surface area contributed by atoms with Gasteiger partial charge in [-0.3, -0.25) is 9.69 Å². The van der Waals surface area contributed by atoms with Crippen molar-refractivity contribution in [2.75, 3.05) is 6.61 Å². The highest BCUT2D eigenvalue weighted by Crippen LogP contribution is 2.38.